The summed E-state index contributed by atoms with van der Waals surface area (Å²) in [5.74, 6) is 1.38. The van der Waals surface area contributed by atoms with Crippen LogP contribution in [-0.4, -0.2) is 44.5 Å². The summed E-state index contributed by atoms with van der Waals surface area (Å²) in [4.78, 5) is 33.0. The summed E-state index contributed by atoms with van der Waals surface area (Å²) in [6, 6.07) is 40.0. The third-order valence-electron chi connectivity index (χ3n) is 8.28. The minimum absolute atomic E-state index is 0.438. The topological polar surface area (TPSA) is 108 Å². The fourth-order valence-electron chi connectivity index (χ4n) is 5.79. The van der Waals surface area contributed by atoms with Crippen molar-refractivity contribution < 1.29 is 0 Å². The van der Waals surface area contributed by atoms with Gasteiger partial charge in [-0.25, -0.2) is 19.5 Å². The van der Waals surface area contributed by atoms with Crippen LogP contribution in [0.15, 0.2) is 152 Å². The summed E-state index contributed by atoms with van der Waals surface area (Å²) in [6.45, 7) is 0. The van der Waals surface area contributed by atoms with Crippen molar-refractivity contribution in [3.63, 3.8) is 0 Å². The van der Waals surface area contributed by atoms with E-state index in [9.17, 15) is 0 Å². The molecule has 0 saturated carbocycles. The summed E-state index contributed by atoms with van der Waals surface area (Å²) in [6.07, 6.45) is 9.16. The van der Waals surface area contributed by atoms with Crippen LogP contribution >= 0.6 is 0 Å². The van der Waals surface area contributed by atoms with Crippen molar-refractivity contribution in [3.8, 4) is 68.2 Å². The lowest BCUT2D eigenvalue weighted by molar-refractivity contribution is 0.974. The van der Waals surface area contributed by atoms with Crippen molar-refractivity contribution in [2.75, 3.05) is 0 Å². The van der Waals surface area contributed by atoms with E-state index >= 15 is 0 Å². The minimum atomic E-state index is 0.438. The van der Waals surface area contributed by atoms with Gasteiger partial charge >= 0.3 is 0 Å². The standard InChI is InChI=1S/C40H25N9/c1-2-9-31-25-49-32(21-26(31)8-1)22-37(48-49)27-10-7-11-28(20-27)38-45-39(35-16-14-29(23-43-35)33-12-3-5-18-41-33)47-40(46-38)36-17-15-30(24-44-36)34-13-4-6-19-42-34/h1-25H. The van der Waals surface area contributed by atoms with Crippen LogP contribution < -0.4 is 0 Å². The van der Waals surface area contributed by atoms with Gasteiger partial charge in [-0.1, -0.05) is 54.6 Å². The number of rotatable bonds is 6. The molecule has 7 heterocycles. The van der Waals surface area contributed by atoms with Crippen molar-refractivity contribution in [2.45, 2.75) is 0 Å². The van der Waals surface area contributed by atoms with Crippen LogP contribution in [0, 0.1) is 0 Å². The third-order valence-corrected chi connectivity index (χ3v) is 8.28. The monoisotopic (exact) mass is 631 g/mol. The number of hydrogen-bond donors (Lipinski definition) is 0. The molecule has 9 rings (SSSR count). The Kier molecular flexibility index (Phi) is 6.90. The number of fused-ring (bicyclic) bond motifs is 2. The molecular weight excluding hydrogens is 607 g/mol. The molecule has 0 aliphatic rings. The van der Waals surface area contributed by atoms with Gasteiger partial charge in [-0.2, -0.15) is 5.10 Å². The Morgan fingerprint density at radius 3 is 1.61 bits per heavy atom. The van der Waals surface area contributed by atoms with Gasteiger partial charge < -0.3 is 0 Å². The fraction of sp³-hybridized carbons (Fsp3) is 0. The molecule has 0 unspecified atom stereocenters. The van der Waals surface area contributed by atoms with Crippen LogP contribution in [0.3, 0.4) is 0 Å². The predicted molar refractivity (Wildman–Crippen MR) is 190 cm³/mol. The van der Waals surface area contributed by atoms with Crippen LogP contribution in [0.25, 0.3) is 84.5 Å². The Balaban J connectivity index is 1.13. The van der Waals surface area contributed by atoms with E-state index in [0.29, 0.717) is 28.9 Å². The van der Waals surface area contributed by atoms with Gasteiger partial charge in [-0.15, -0.1) is 0 Å². The second-order valence-electron chi connectivity index (χ2n) is 11.5. The Hall–Kier alpha value is -7.00. The molecule has 0 atom stereocenters. The number of nitrogens with zero attached hydrogens (tertiary/aromatic N) is 9. The Morgan fingerprint density at radius 1 is 0.388 bits per heavy atom. The van der Waals surface area contributed by atoms with Gasteiger partial charge in [0, 0.05) is 58.6 Å². The molecule has 7 aromatic heterocycles. The van der Waals surface area contributed by atoms with Crippen molar-refractivity contribution in [2.24, 2.45) is 0 Å². The summed E-state index contributed by atoms with van der Waals surface area (Å²) in [5.41, 5.74) is 8.34. The van der Waals surface area contributed by atoms with E-state index < -0.39 is 0 Å². The molecule has 9 heteroatoms. The zero-order chi connectivity index (χ0) is 32.6. The highest BCUT2D eigenvalue weighted by molar-refractivity contribution is 5.86. The lowest BCUT2D eigenvalue weighted by atomic mass is 10.1. The molecule has 0 aliphatic heterocycles. The highest BCUT2D eigenvalue weighted by Crippen LogP contribution is 2.29. The Labute approximate surface area is 280 Å². The second kappa shape index (κ2) is 12.0. The molecule has 0 amide bonds. The molecule has 0 radical (unpaired) electrons. The van der Waals surface area contributed by atoms with Gasteiger partial charge in [0.1, 0.15) is 11.4 Å². The van der Waals surface area contributed by atoms with Crippen LogP contribution in [0.5, 0.6) is 0 Å². The lowest BCUT2D eigenvalue weighted by Crippen LogP contribution is -2.02. The van der Waals surface area contributed by atoms with E-state index in [1.807, 2.05) is 95.5 Å². The molecule has 49 heavy (non-hydrogen) atoms. The van der Waals surface area contributed by atoms with Gasteiger partial charge in [0.05, 0.1) is 22.6 Å². The average molecular weight is 632 g/mol. The number of hydrogen-bond acceptors (Lipinski definition) is 8. The van der Waals surface area contributed by atoms with Crippen LogP contribution in [-0.2, 0) is 0 Å². The number of pyridine rings is 5. The minimum Gasteiger partial charge on any atom is -0.256 e. The molecule has 0 N–H and O–H groups in total. The Morgan fingerprint density at radius 2 is 1.00 bits per heavy atom. The van der Waals surface area contributed by atoms with Crippen molar-refractivity contribution in [3.05, 3.63) is 152 Å². The first kappa shape index (κ1) is 28.2. The molecule has 0 saturated heterocycles. The Bertz CT molecular complexity index is 2430. The molecule has 2 aromatic carbocycles. The first-order valence-corrected chi connectivity index (χ1v) is 15.7. The van der Waals surface area contributed by atoms with Gasteiger partial charge in [-0.05, 0) is 72.1 Å². The second-order valence-corrected chi connectivity index (χ2v) is 11.5. The van der Waals surface area contributed by atoms with E-state index in [1.165, 1.54) is 5.39 Å². The highest BCUT2D eigenvalue weighted by Gasteiger charge is 2.16. The van der Waals surface area contributed by atoms with Crippen molar-refractivity contribution in [1.29, 1.82) is 0 Å². The summed E-state index contributed by atoms with van der Waals surface area (Å²) >= 11 is 0. The molecule has 0 aliphatic carbocycles. The van der Waals surface area contributed by atoms with Gasteiger partial charge in [0.15, 0.2) is 17.5 Å². The molecule has 0 fully saturated rings. The zero-order valence-corrected chi connectivity index (χ0v) is 26.0. The molecule has 0 bridgehead atoms. The average Bonchev–Trinajstić information content (AvgIpc) is 3.61. The highest BCUT2D eigenvalue weighted by atomic mass is 15.2. The maximum Gasteiger partial charge on any atom is 0.182 e. The van der Waals surface area contributed by atoms with Crippen LogP contribution in [0.2, 0.25) is 0 Å². The quantitative estimate of drug-likeness (QED) is 0.181. The van der Waals surface area contributed by atoms with Crippen molar-refractivity contribution in [1.82, 2.24) is 44.5 Å². The van der Waals surface area contributed by atoms with Crippen LogP contribution in [0.1, 0.15) is 0 Å². The lowest BCUT2D eigenvalue weighted by Gasteiger charge is -2.09. The predicted octanol–water partition coefficient (Wildman–Crippen LogP) is 8.25. The summed E-state index contributed by atoms with van der Waals surface area (Å²) < 4.78 is 1.92. The third kappa shape index (κ3) is 5.55. The number of aromatic nitrogens is 9. The smallest absolute Gasteiger partial charge is 0.182 e. The van der Waals surface area contributed by atoms with E-state index in [1.54, 1.807) is 24.8 Å². The zero-order valence-electron chi connectivity index (χ0n) is 26.0. The maximum absolute atomic E-state index is 4.92. The fourth-order valence-corrected chi connectivity index (χ4v) is 5.79. The first-order valence-electron chi connectivity index (χ1n) is 15.7. The van der Waals surface area contributed by atoms with Gasteiger partial charge in [-0.3, -0.25) is 19.9 Å². The molecule has 230 valence electrons. The van der Waals surface area contributed by atoms with E-state index in [0.717, 1.165) is 50.2 Å². The van der Waals surface area contributed by atoms with Gasteiger partial charge in [0.25, 0.3) is 0 Å². The van der Waals surface area contributed by atoms with Gasteiger partial charge in [0.2, 0.25) is 0 Å². The molecule has 9 nitrogen and oxygen atoms in total. The number of benzene rings is 2. The molecule has 9 aromatic rings. The van der Waals surface area contributed by atoms with E-state index in [4.69, 9.17) is 30.0 Å². The van der Waals surface area contributed by atoms with Crippen molar-refractivity contribution >= 4 is 16.3 Å². The molecule has 0 spiro atoms. The largest absolute Gasteiger partial charge is 0.256 e. The summed E-state index contributed by atoms with van der Waals surface area (Å²) in [7, 11) is 0. The van der Waals surface area contributed by atoms with E-state index in [-0.39, 0.29) is 0 Å². The maximum atomic E-state index is 4.92. The van der Waals surface area contributed by atoms with Crippen LogP contribution in [0.4, 0.5) is 0 Å². The summed E-state index contributed by atoms with van der Waals surface area (Å²) in [5, 5.41) is 7.20. The normalized spacial score (nSPS) is 11.3. The first-order chi connectivity index (χ1) is 24.2. The SMILES string of the molecule is c1ccc(-c2ccc(-c3nc(-c4cccc(-c5cc6cc7ccccc7cn6n5)c4)nc(-c4ccc(-c5ccccn5)cn4)n3)nc2)nc1. The van der Waals surface area contributed by atoms with E-state index in [2.05, 4.69) is 46.5 Å². The molecular formula is C40H25N9.